The summed E-state index contributed by atoms with van der Waals surface area (Å²) < 4.78 is 6.03. The van der Waals surface area contributed by atoms with Crippen LogP contribution in [0.15, 0.2) is 0 Å². The summed E-state index contributed by atoms with van der Waals surface area (Å²) >= 11 is 0. The maximum absolute atomic E-state index is 6.03. The zero-order chi connectivity index (χ0) is 12.3. The Morgan fingerprint density at radius 1 is 1.24 bits per heavy atom. The van der Waals surface area contributed by atoms with Gasteiger partial charge in [0.15, 0.2) is 0 Å². The predicted octanol–water partition coefficient (Wildman–Crippen LogP) is 3.50. The first kappa shape index (κ1) is 13.4. The second-order valence-electron chi connectivity index (χ2n) is 6.18. The summed E-state index contributed by atoms with van der Waals surface area (Å²) in [6.45, 7) is 7.82. The third-order valence-electron chi connectivity index (χ3n) is 4.69. The molecule has 17 heavy (non-hydrogen) atoms. The van der Waals surface area contributed by atoms with E-state index in [1.807, 2.05) is 0 Å². The number of rotatable bonds is 6. The minimum absolute atomic E-state index is 0.162. The minimum Gasteiger partial charge on any atom is -0.375 e. The van der Waals surface area contributed by atoms with Gasteiger partial charge < -0.3 is 10.1 Å². The standard InChI is InChI=1S/C15H29NO/c1-4-15(5-2)11-14(8-9-17-15)16-12(3)10-13-6-7-13/h12-14,16H,4-11H2,1-3H3. The maximum atomic E-state index is 6.03. The highest BCUT2D eigenvalue weighted by molar-refractivity contribution is 4.89. The van der Waals surface area contributed by atoms with Crippen molar-refractivity contribution in [2.75, 3.05) is 6.61 Å². The van der Waals surface area contributed by atoms with E-state index in [9.17, 15) is 0 Å². The molecule has 1 aliphatic carbocycles. The van der Waals surface area contributed by atoms with Crippen LogP contribution >= 0.6 is 0 Å². The summed E-state index contributed by atoms with van der Waals surface area (Å²) in [6, 6.07) is 1.37. The first-order chi connectivity index (χ1) is 8.17. The Labute approximate surface area is 107 Å². The third kappa shape index (κ3) is 3.69. The normalized spacial score (nSPS) is 30.2. The van der Waals surface area contributed by atoms with Crippen LogP contribution in [0.25, 0.3) is 0 Å². The van der Waals surface area contributed by atoms with Gasteiger partial charge in [-0.3, -0.25) is 0 Å². The van der Waals surface area contributed by atoms with Crippen molar-refractivity contribution in [3.05, 3.63) is 0 Å². The van der Waals surface area contributed by atoms with Crippen molar-refractivity contribution >= 4 is 0 Å². The number of ether oxygens (including phenoxy) is 1. The molecule has 0 aromatic rings. The Hall–Kier alpha value is -0.0800. The molecule has 2 fully saturated rings. The van der Waals surface area contributed by atoms with Crippen molar-refractivity contribution < 1.29 is 4.74 Å². The first-order valence-electron chi connectivity index (χ1n) is 7.57. The van der Waals surface area contributed by atoms with Gasteiger partial charge in [0.2, 0.25) is 0 Å². The number of hydrogen-bond acceptors (Lipinski definition) is 2. The van der Waals surface area contributed by atoms with Crippen LogP contribution in [0.2, 0.25) is 0 Å². The van der Waals surface area contributed by atoms with Crippen molar-refractivity contribution in [3.63, 3.8) is 0 Å². The SMILES string of the molecule is CCC1(CC)CC(NC(C)CC2CC2)CCO1. The van der Waals surface area contributed by atoms with E-state index in [-0.39, 0.29) is 5.60 Å². The molecule has 2 nitrogen and oxygen atoms in total. The van der Waals surface area contributed by atoms with Gasteiger partial charge in [0.25, 0.3) is 0 Å². The molecule has 100 valence electrons. The van der Waals surface area contributed by atoms with E-state index in [0.717, 1.165) is 25.4 Å². The molecule has 1 saturated heterocycles. The van der Waals surface area contributed by atoms with Gasteiger partial charge in [-0.05, 0) is 44.9 Å². The van der Waals surface area contributed by atoms with Crippen LogP contribution < -0.4 is 5.32 Å². The van der Waals surface area contributed by atoms with Crippen molar-refractivity contribution in [1.82, 2.24) is 5.32 Å². The van der Waals surface area contributed by atoms with E-state index in [4.69, 9.17) is 4.74 Å². The second-order valence-corrected chi connectivity index (χ2v) is 6.18. The van der Waals surface area contributed by atoms with E-state index in [0.29, 0.717) is 12.1 Å². The lowest BCUT2D eigenvalue weighted by Gasteiger charge is -2.41. The molecular formula is C15H29NO. The van der Waals surface area contributed by atoms with E-state index in [2.05, 4.69) is 26.1 Å². The Bertz CT molecular complexity index is 233. The van der Waals surface area contributed by atoms with Crippen LogP contribution in [0.3, 0.4) is 0 Å². The lowest BCUT2D eigenvalue weighted by atomic mass is 9.85. The quantitative estimate of drug-likeness (QED) is 0.766. The Morgan fingerprint density at radius 2 is 1.94 bits per heavy atom. The molecular weight excluding hydrogens is 210 g/mol. The molecule has 1 saturated carbocycles. The molecule has 1 N–H and O–H groups in total. The average molecular weight is 239 g/mol. The highest BCUT2D eigenvalue weighted by Crippen LogP contribution is 2.35. The van der Waals surface area contributed by atoms with Gasteiger partial charge in [-0.2, -0.15) is 0 Å². The van der Waals surface area contributed by atoms with Crippen LogP contribution in [0.4, 0.5) is 0 Å². The molecule has 0 aromatic heterocycles. The molecule has 2 atom stereocenters. The van der Waals surface area contributed by atoms with Crippen molar-refractivity contribution in [1.29, 1.82) is 0 Å². The monoisotopic (exact) mass is 239 g/mol. The maximum Gasteiger partial charge on any atom is 0.0692 e. The molecule has 0 amide bonds. The lowest BCUT2D eigenvalue weighted by Crippen LogP contribution is -2.48. The molecule has 0 spiro atoms. The lowest BCUT2D eigenvalue weighted by molar-refractivity contribution is -0.0940. The molecule has 0 radical (unpaired) electrons. The summed E-state index contributed by atoms with van der Waals surface area (Å²) in [5.74, 6) is 1.03. The highest BCUT2D eigenvalue weighted by Gasteiger charge is 2.35. The van der Waals surface area contributed by atoms with Gasteiger partial charge in [0.1, 0.15) is 0 Å². The Balaban J connectivity index is 1.79. The summed E-state index contributed by atoms with van der Waals surface area (Å²) in [4.78, 5) is 0. The zero-order valence-corrected chi connectivity index (χ0v) is 11.8. The number of hydrogen-bond donors (Lipinski definition) is 1. The van der Waals surface area contributed by atoms with Gasteiger partial charge in [0, 0.05) is 18.7 Å². The second kappa shape index (κ2) is 5.71. The fraction of sp³-hybridized carbons (Fsp3) is 1.00. The zero-order valence-electron chi connectivity index (χ0n) is 11.8. The Kier molecular flexibility index (Phi) is 4.48. The van der Waals surface area contributed by atoms with Gasteiger partial charge in [-0.25, -0.2) is 0 Å². The molecule has 2 aliphatic rings. The van der Waals surface area contributed by atoms with Crippen LogP contribution in [0, 0.1) is 5.92 Å². The van der Waals surface area contributed by atoms with Crippen molar-refractivity contribution in [2.24, 2.45) is 5.92 Å². The minimum atomic E-state index is 0.162. The smallest absolute Gasteiger partial charge is 0.0692 e. The summed E-state index contributed by atoms with van der Waals surface area (Å²) in [5.41, 5.74) is 0.162. The molecule has 2 heteroatoms. The van der Waals surface area contributed by atoms with E-state index < -0.39 is 0 Å². The fourth-order valence-electron chi connectivity index (χ4n) is 3.24. The largest absolute Gasteiger partial charge is 0.375 e. The van der Waals surface area contributed by atoms with Gasteiger partial charge >= 0.3 is 0 Å². The van der Waals surface area contributed by atoms with E-state index in [1.54, 1.807) is 0 Å². The molecule has 1 aliphatic heterocycles. The summed E-state index contributed by atoms with van der Waals surface area (Å²) in [7, 11) is 0. The fourth-order valence-corrected chi connectivity index (χ4v) is 3.24. The van der Waals surface area contributed by atoms with Crippen LogP contribution in [-0.2, 0) is 4.74 Å². The Morgan fingerprint density at radius 3 is 2.53 bits per heavy atom. The van der Waals surface area contributed by atoms with Crippen LogP contribution in [0.1, 0.15) is 65.7 Å². The van der Waals surface area contributed by atoms with Gasteiger partial charge in [0.05, 0.1) is 5.60 Å². The van der Waals surface area contributed by atoms with E-state index in [1.165, 1.54) is 32.1 Å². The molecule has 2 rings (SSSR count). The molecule has 0 aromatic carbocycles. The van der Waals surface area contributed by atoms with Gasteiger partial charge in [-0.15, -0.1) is 0 Å². The van der Waals surface area contributed by atoms with Crippen LogP contribution in [-0.4, -0.2) is 24.3 Å². The summed E-state index contributed by atoms with van der Waals surface area (Å²) in [5, 5.41) is 3.83. The highest BCUT2D eigenvalue weighted by atomic mass is 16.5. The predicted molar refractivity (Wildman–Crippen MR) is 72.2 cm³/mol. The topological polar surface area (TPSA) is 21.3 Å². The van der Waals surface area contributed by atoms with E-state index >= 15 is 0 Å². The number of nitrogens with one attached hydrogen (secondary N) is 1. The van der Waals surface area contributed by atoms with Crippen molar-refractivity contribution in [3.8, 4) is 0 Å². The molecule has 2 unspecified atom stereocenters. The summed E-state index contributed by atoms with van der Waals surface area (Å²) in [6.07, 6.45) is 9.01. The molecule has 1 heterocycles. The van der Waals surface area contributed by atoms with Gasteiger partial charge in [-0.1, -0.05) is 26.7 Å². The first-order valence-corrected chi connectivity index (χ1v) is 7.57. The molecule has 0 bridgehead atoms. The average Bonchev–Trinajstić information content (AvgIpc) is 3.13. The van der Waals surface area contributed by atoms with Crippen molar-refractivity contribution in [2.45, 2.75) is 83.4 Å². The third-order valence-corrected chi connectivity index (χ3v) is 4.69. The van der Waals surface area contributed by atoms with Crippen LogP contribution in [0.5, 0.6) is 0 Å².